The normalized spacial score (nSPS) is 46.2. The van der Waals surface area contributed by atoms with Gasteiger partial charge >= 0.3 is 0 Å². The summed E-state index contributed by atoms with van der Waals surface area (Å²) in [6, 6.07) is 5.16. The summed E-state index contributed by atoms with van der Waals surface area (Å²) in [6.07, 6.45) is 15.6. The SMILES string of the molecule is CC1(C)C(c2ccc(C=O)c(F)c2)=CCC2(C)C1CCC1(C)C2CCC2C3CCCC3(CO)CC[C@]21C. The minimum Gasteiger partial charge on any atom is -0.396 e. The number of halogens is 1. The summed E-state index contributed by atoms with van der Waals surface area (Å²) in [5, 5.41) is 10.5. The molecular weight excluding hydrogens is 459 g/mol. The Balaban J connectivity index is 1.36. The highest BCUT2D eigenvalue weighted by atomic mass is 19.1. The van der Waals surface area contributed by atoms with Gasteiger partial charge in [-0.2, -0.15) is 0 Å². The lowest BCUT2D eigenvalue weighted by molar-refractivity contribution is -0.225. The number of aliphatic hydroxyl groups is 1. The van der Waals surface area contributed by atoms with Crippen molar-refractivity contribution in [2.75, 3.05) is 6.61 Å². The topological polar surface area (TPSA) is 37.3 Å². The molecule has 0 heterocycles. The molecule has 5 aliphatic carbocycles. The molecule has 6 rings (SSSR count). The van der Waals surface area contributed by atoms with Crippen LogP contribution in [0.2, 0.25) is 0 Å². The average molecular weight is 507 g/mol. The van der Waals surface area contributed by atoms with E-state index in [0.717, 1.165) is 17.9 Å². The second-order valence-corrected chi connectivity index (χ2v) is 15.1. The molecule has 3 heteroatoms. The number of carbonyl (C=O) groups is 1. The fourth-order valence-corrected chi connectivity index (χ4v) is 11.9. The van der Waals surface area contributed by atoms with E-state index in [-0.39, 0.29) is 21.8 Å². The molecule has 0 bridgehead atoms. The van der Waals surface area contributed by atoms with Crippen LogP contribution >= 0.6 is 0 Å². The van der Waals surface area contributed by atoms with Crippen LogP contribution in [0.15, 0.2) is 24.3 Å². The van der Waals surface area contributed by atoms with Gasteiger partial charge < -0.3 is 5.11 Å². The van der Waals surface area contributed by atoms with Crippen molar-refractivity contribution in [1.82, 2.24) is 0 Å². The molecule has 0 spiro atoms. The molecule has 1 aromatic carbocycles. The van der Waals surface area contributed by atoms with Gasteiger partial charge in [0.1, 0.15) is 5.82 Å². The Morgan fingerprint density at radius 1 is 0.919 bits per heavy atom. The number of rotatable bonds is 3. The monoisotopic (exact) mass is 506 g/mol. The summed E-state index contributed by atoms with van der Waals surface area (Å²) >= 11 is 0. The molecule has 0 amide bonds. The first-order chi connectivity index (χ1) is 17.5. The maximum atomic E-state index is 14.6. The van der Waals surface area contributed by atoms with Gasteiger partial charge in [0.15, 0.2) is 6.29 Å². The van der Waals surface area contributed by atoms with Gasteiger partial charge in [0.05, 0.1) is 5.56 Å². The van der Waals surface area contributed by atoms with Crippen LogP contribution in [-0.2, 0) is 0 Å². The number of benzene rings is 1. The van der Waals surface area contributed by atoms with Crippen molar-refractivity contribution in [3.05, 3.63) is 41.2 Å². The van der Waals surface area contributed by atoms with Crippen LogP contribution in [0.5, 0.6) is 0 Å². The molecule has 0 saturated heterocycles. The summed E-state index contributed by atoms with van der Waals surface area (Å²) in [4.78, 5) is 11.2. The van der Waals surface area contributed by atoms with Gasteiger partial charge in [-0.1, -0.05) is 53.2 Å². The predicted octanol–water partition coefficient (Wildman–Crippen LogP) is 8.48. The Labute approximate surface area is 223 Å². The standard InChI is InChI=1S/C34H47FO2/c1-30(2)24(22-8-9-23(20-36)27(35)19-22)12-15-31(3)28(30)13-16-33(5)29(31)11-10-25-26-7-6-14-34(26,21-37)18-17-32(25,33)4/h8-9,12,19-20,25-26,28-29,37H,6-7,10-11,13-18,21H2,1-5H3/t25?,26?,28?,29?,31?,32-,33?,34?/m1/s1. The molecule has 37 heavy (non-hydrogen) atoms. The quantitative estimate of drug-likeness (QED) is 0.417. The molecule has 5 aliphatic rings. The zero-order valence-corrected chi connectivity index (χ0v) is 23.7. The predicted molar refractivity (Wildman–Crippen MR) is 148 cm³/mol. The van der Waals surface area contributed by atoms with E-state index < -0.39 is 5.82 Å². The van der Waals surface area contributed by atoms with Crippen LogP contribution < -0.4 is 0 Å². The molecule has 0 aromatic heterocycles. The number of allylic oxidation sites excluding steroid dienone is 2. The Morgan fingerprint density at radius 2 is 1.70 bits per heavy atom. The molecule has 7 unspecified atom stereocenters. The molecule has 4 fully saturated rings. The molecule has 1 N–H and O–H groups in total. The van der Waals surface area contributed by atoms with Crippen LogP contribution in [-0.4, -0.2) is 18.0 Å². The highest BCUT2D eigenvalue weighted by molar-refractivity contribution is 5.78. The molecule has 2 nitrogen and oxygen atoms in total. The molecular formula is C34H47FO2. The minimum atomic E-state index is -0.414. The van der Waals surface area contributed by atoms with Crippen LogP contribution in [0.3, 0.4) is 0 Å². The Hall–Kier alpha value is -1.48. The van der Waals surface area contributed by atoms with Crippen LogP contribution in [0.4, 0.5) is 4.39 Å². The number of fused-ring (bicyclic) bond motifs is 7. The average Bonchev–Trinajstić information content (AvgIpc) is 3.29. The highest BCUT2D eigenvalue weighted by Gasteiger charge is 2.69. The number of hydrogen-bond acceptors (Lipinski definition) is 2. The van der Waals surface area contributed by atoms with Crippen molar-refractivity contribution < 1.29 is 14.3 Å². The van der Waals surface area contributed by atoms with Gasteiger partial charge in [0.2, 0.25) is 0 Å². The van der Waals surface area contributed by atoms with E-state index >= 15 is 0 Å². The zero-order chi connectivity index (χ0) is 26.4. The highest BCUT2D eigenvalue weighted by Crippen LogP contribution is 2.77. The van der Waals surface area contributed by atoms with Gasteiger partial charge in [-0.25, -0.2) is 4.39 Å². The Morgan fingerprint density at radius 3 is 2.41 bits per heavy atom. The number of hydrogen-bond donors (Lipinski definition) is 1. The summed E-state index contributed by atoms with van der Waals surface area (Å²) in [5.41, 5.74) is 3.39. The van der Waals surface area contributed by atoms with E-state index in [4.69, 9.17) is 0 Å². The lowest BCUT2D eigenvalue weighted by atomic mass is 9.33. The van der Waals surface area contributed by atoms with Crippen LogP contribution in [0.1, 0.15) is 115 Å². The van der Waals surface area contributed by atoms with Crippen molar-refractivity contribution in [1.29, 1.82) is 0 Å². The van der Waals surface area contributed by atoms with Gasteiger partial charge in [0, 0.05) is 6.61 Å². The molecule has 1 aromatic rings. The zero-order valence-electron chi connectivity index (χ0n) is 23.7. The smallest absolute Gasteiger partial charge is 0.152 e. The van der Waals surface area contributed by atoms with Crippen LogP contribution in [0, 0.1) is 56.6 Å². The third kappa shape index (κ3) is 3.22. The fourth-order valence-electron chi connectivity index (χ4n) is 11.9. The van der Waals surface area contributed by atoms with Crippen molar-refractivity contribution in [3.8, 4) is 0 Å². The summed E-state index contributed by atoms with van der Waals surface area (Å²) in [6.45, 7) is 13.1. The first-order valence-electron chi connectivity index (χ1n) is 15.0. The maximum Gasteiger partial charge on any atom is 0.152 e. The first-order valence-corrected chi connectivity index (χ1v) is 15.0. The lowest BCUT2D eigenvalue weighted by Crippen LogP contribution is -2.65. The Bertz CT molecular complexity index is 1140. The number of aldehydes is 1. The van der Waals surface area contributed by atoms with E-state index in [1.807, 2.05) is 6.07 Å². The van der Waals surface area contributed by atoms with Gasteiger partial charge in [-0.3, -0.25) is 4.79 Å². The van der Waals surface area contributed by atoms with Crippen molar-refractivity contribution in [3.63, 3.8) is 0 Å². The van der Waals surface area contributed by atoms with Gasteiger partial charge in [-0.15, -0.1) is 0 Å². The lowest BCUT2D eigenvalue weighted by Gasteiger charge is -2.72. The molecule has 4 saturated carbocycles. The van der Waals surface area contributed by atoms with E-state index in [9.17, 15) is 14.3 Å². The number of aliphatic hydroxyl groups excluding tert-OH is 1. The molecule has 0 aliphatic heterocycles. The molecule has 202 valence electrons. The second kappa shape index (κ2) is 8.26. The van der Waals surface area contributed by atoms with E-state index in [0.29, 0.717) is 41.5 Å². The maximum absolute atomic E-state index is 14.6. The van der Waals surface area contributed by atoms with Crippen molar-refractivity contribution in [2.45, 2.75) is 98.8 Å². The first kappa shape index (κ1) is 25.8. The van der Waals surface area contributed by atoms with Crippen LogP contribution in [0.25, 0.3) is 5.57 Å². The third-order valence-corrected chi connectivity index (χ3v) is 13.9. The largest absolute Gasteiger partial charge is 0.396 e. The van der Waals surface area contributed by atoms with Gasteiger partial charge in [-0.05, 0) is 132 Å². The number of carbonyl (C=O) groups excluding carboxylic acids is 1. The van der Waals surface area contributed by atoms with E-state index in [1.165, 1.54) is 63.4 Å². The Kier molecular flexibility index (Phi) is 5.76. The van der Waals surface area contributed by atoms with E-state index in [2.05, 4.69) is 40.7 Å². The fraction of sp³-hybridized carbons (Fsp3) is 0.735. The second-order valence-electron chi connectivity index (χ2n) is 15.1. The van der Waals surface area contributed by atoms with E-state index in [1.54, 1.807) is 12.1 Å². The van der Waals surface area contributed by atoms with Crippen molar-refractivity contribution >= 4 is 11.9 Å². The van der Waals surface area contributed by atoms with Crippen molar-refractivity contribution in [2.24, 2.45) is 50.7 Å². The molecule has 0 radical (unpaired) electrons. The summed E-state index contributed by atoms with van der Waals surface area (Å²) in [5.74, 6) is 2.29. The minimum absolute atomic E-state index is 0.0503. The molecule has 8 atom stereocenters. The van der Waals surface area contributed by atoms with Gasteiger partial charge in [0.25, 0.3) is 0 Å². The summed E-state index contributed by atoms with van der Waals surface area (Å²) in [7, 11) is 0. The summed E-state index contributed by atoms with van der Waals surface area (Å²) < 4.78 is 14.6. The third-order valence-electron chi connectivity index (χ3n) is 13.9.